The highest BCUT2D eigenvalue weighted by molar-refractivity contribution is 7.18. The first-order valence-electron chi connectivity index (χ1n) is 5.08. The van der Waals surface area contributed by atoms with Gasteiger partial charge in [-0.1, -0.05) is 0 Å². The summed E-state index contributed by atoms with van der Waals surface area (Å²) >= 11 is 1.35. The third kappa shape index (κ3) is 1.98. The molecule has 0 aliphatic carbocycles. The van der Waals surface area contributed by atoms with Crippen LogP contribution < -0.4 is 16.4 Å². The van der Waals surface area contributed by atoms with Crippen LogP contribution in [0.2, 0.25) is 0 Å². The number of ether oxygens (including phenoxy) is 1. The number of primary amides is 1. The van der Waals surface area contributed by atoms with Gasteiger partial charge in [-0.05, 0) is 12.5 Å². The van der Waals surface area contributed by atoms with Gasteiger partial charge in [-0.15, -0.1) is 11.3 Å². The summed E-state index contributed by atoms with van der Waals surface area (Å²) in [5.74, 6) is -0.462. The molecule has 88 valence electrons. The Kier molecular flexibility index (Phi) is 3.02. The maximum atomic E-state index is 11.1. The van der Waals surface area contributed by atoms with Crippen molar-refractivity contribution < 1.29 is 9.53 Å². The molecule has 1 aliphatic heterocycles. The Bertz CT molecular complexity index is 405. The molecule has 0 bridgehead atoms. The topological polar surface area (TPSA) is 81.6 Å². The van der Waals surface area contributed by atoms with Gasteiger partial charge in [-0.3, -0.25) is 4.79 Å². The summed E-state index contributed by atoms with van der Waals surface area (Å²) in [5, 5.41) is 0.992. The lowest BCUT2D eigenvalue weighted by Gasteiger charge is -2.15. The van der Waals surface area contributed by atoms with Crippen LogP contribution in [-0.2, 0) is 4.74 Å². The summed E-state index contributed by atoms with van der Waals surface area (Å²) in [6.07, 6.45) is 1.26. The number of hydrogen-bond donors (Lipinski definition) is 2. The van der Waals surface area contributed by atoms with Gasteiger partial charge in [0.25, 0.3) is 5.91 Å². The molecule has 2 rings (SSSR count). The summed E-state index contributed by atoms with van der Waals surface area (Å²) in [7, 11) is 1.71. The molecule has 1 unspecified atom stereocenters. The summed E-state index contributed by atoms with van der Waals surface area (Å²) in [6, 6.07) is 1.81. The van der Waals surface area contributed by atoms with Crippen LogP contribution in [0, 0.1) is 0 Å². The quantitative estimate of drug-likeness (QED) is 0.814. The average Bonchev–Trinajstić information content (AvgIpc) is 2.83. The molecule has 1 aromatic rings. The first-order valence-corrected chi connectivity index (χ1v) is 5.90. The number of nitrogens with zero attached hydrogens (tertiary/aromatic N) is 1. The van der Waals surface area contributed by atoms with Crippen LogP contribution in [-0.4, -0.2) is 32.2 Å². The van der Waals surface area contributed by atoms with Crippen molar-refractivity contribution in [1.82, 2.24) is 0 Å². The van der Waals surface area contributed by atoms with Gasteiger partial charge >= 0.3 is 0 Å². The highest BCUT2D eigenvalue weighted by Gasteiger charge is 2.24. The fourth-order valence-corrected chi connectivity index (χ4v) is 2.83. The Morgan fingerprint density at radius 3 is 2.94 bits per heavy atom. The fourth-order valence-electron chi connectivity index (χ4n) is 1.86. The standard InChI is InChI=1S/C10H15N3O2S/c1-15-6-2-3-13(5-6)8-4-7(11)9(16-8)10(12)14/h4,6H,2-3,5,11H2,1H3,(H2,12,14). The SMILES string of the molecule is COC1CCN(c2cc(N)c(C(N)=O)s2)C1. The zero-order valence-corrected chi connectivity index (χ0v) is 9.92. The monoisotopic (exact) mass is 241 g/mol. The number of carbonyl (C=O) groups excluding carboxylic acids is 1. The Morgan fingerprint density at radius 1 is 1.69 bits per heavy atom. The van der Waals surface area contributed by atoms with Crippen LogP contribution in [0.1, 0.15) is 16.1 Å². The van der Waals surface area contributed by atoms with Crippen molar-refractivity contribution in [3.63, 3.8) is 0 Å². The first kappa shape index (κ1) is 11.2. The van der Waals surface area contributed by atoms with Gasteiger partial charge in [-0.2, -0.15) is 0 Å². The molecule has 4 N–H and O–H groups in total. The molecule has 16 heavy (non-hydrogen) atoms. The van der Waals surface area contributed by atoms with Crippen LogP contribution in [0.5, 0.6) is 0 Å². The van der Waals surface area contributed by atoms with Crippen molar-refractivity contribution in [3.05, 3.63) is 10.9 Å². The lowest BCUT2D eigenvalue weighted by Crippen LogP contribution is -2.21. The third-order valence-corrected chi connectivity index (χ3v) is 3.99. The summed E-state index contributed by atoms with van der Waals surface area (Å²) in [4.78, 5) is 13.7. The van der Waals surface area contributed by atoms with Crippen LogP contribution in [0.15, 0.2) is 6.07 Å². The van der Waals surface area contributed by atoms with E-state index in [1.807, 2.05) is 6.07 Å². The molecule has 0 spiro atoms. The lowest BCUT2D eigenvalue weighted by molar-refractivity contribution is 0.100. The van der Waals surface area contributed by atoms with E-state index in [9.17, 15) is 4.79 Å². The van der Waals surface area contributed by atoms with Crippen molar-refractivity contribution in [2.24, 2.45) is 5.73 Å². The highest BCUT2D eigenvalue weighted by atomic mass is 32.1. The number of nitrogens with two attached hydrogens (primary N) is 2. The maximum Gasteiger partial charge on any atom is 0.260 e. The van der Waals surface area contributed by atoms with E-state index in [1.54, 1.807) is 7.11 Å². The van der Waals surface area contributed by atoms with Gasteiger partial charge in [0, 0.05) is 20.2 Å². The van der Waals surface area contributed by atoms with Crippen LogP contribution in [0.4, 0.5) is 10.7 Å². The molecule has 1 amide bonds. The van der Waals surface area contributed by atoms with E-state index in [4.69, 9.17) is 16.2 Å². The Labute approximate surface area is 98.0 Å². The Morgan fingerprint density at radius 2 is 2.44 bits per heavy atom. The molecule has 1 fully saturated rings. The zero-order chi connectivity index (χ0) is 11.7. The Hall–Kier alpha value is -1.27. The number of thiophene rings is 1. The minimum absolute atomic E-state index is 0.264. The number of carbonyl (C=O) groups is 1. The number of methoxy groups -OCH3 is 1. The van der Waals surface area contributed by atoms with Crippen molar-refractivity contribution in [2.75, 3.05) is 30.8 Å². The first-order chi connectivity index (χ1) is 7.61. The summed E-state index contributed by atoms with van der Waals surface area (Å²) in [6.45, 7) is 1.77. The predicted molar refractivity (Wildman–Crippen MR) is 64.9 cm³/mol. The second kappa shape index (κ2) is 4.31. The Balaban J connectivity index is 2.16. The average molecular weight is 241 g/mol. The van der Waals surface area contributed by atoms with Crippen molar-refractivity contribution in [1.29, 1.82) is 0 Å². The van der Waals surface area contributed by atoms with Crippen molar-refractivity contribution in [2.45, 2.75) is 12.5 Å². The summed E-state index contributed by atoms with van der Waals surface area (Å²) in [5.41, 5.74) is 11.4. The van der Waals surface area contributed by atoms with Crippen LogP contribution >= 0.6 is 11.3 Å². The zero-order valence-electron chi connectivity index (χ0n) is 9.10. The number of amides is 1. The minimum Gasteiger partial charge on any atom is -0.397 e. The molecule has 2 heterocycles. The van der Waals surface area contributed by atoms with E-state index in [0.717, 1.165) is 24.5 Å². The number of hydrogen-bond acceptors (Lipinski definition) is 5. The molecule has 1 atom stereocenters. The molecule has 6 heteroatoms. The maximum absolute atomic E-state index is 11.1. The van der Waals surface area contributed by atoms with Gasteiger partial charge in [-0.25, -0.2) is 0 Å². The van der Waals surface area contributed by atoms with Crippen LogP contribution in [0.25, 0.3) is 0 Å². The van der Waals surface area contributed by atoms with Gasteiger partial charge in [0.1, 0.15) is 4.88 Å². The van der Waals surface area contributed by atoms with Crippen LogP contribution in [0.3, 0.4) is 0 Å². The van der Waals surface area contributed by atoms with E-state index in [-0.39, 0.29) is 6.10 Å². The molecule has 0 aromatic carbocycles. The number of rotatable bonds is 3. The molecule has 1 saturated heterocycles. The molecular formula is C10H15N3O2S. The fraction of sp³-hybridized carbons (Fsp3) is 0.500. The molecular weight excluding hydrogens is 226 g/mol. The summed E-state index contributed by atoms with van der Waals surface area (Å²) < 4.78 is 5.29. The third-order valence-electron chi connectivity index (χ3n) is 2.76. The second-order valence-electron chi connectivity index (χ2n) is 3.83. The number of anilines is 2. The number of nitrogen functional groups attached to an aromatic ring is 1. The molecule has 1 aromatic heterocycles. The highest BCUT2D eigenvalue weighted by Crippen LogP contribution is 2.33. The van der Waals surface area contributed by atoms with E-state index >= 15 is 0 Å². The normalized spacial score (nSPS) is 20.3. The van der Waals surface area contributed by atoms with E-state index < -0.39 is 5.91 Å². The second-order valence-corrected chi connectivity index (χ2v) is 4.86. The van der Waals surface area contributed by atoms with E-state index in [1.165, 1.54) is 11.3 Å². The largest absolute Gasteiger partial charge is 0.397 e. The molecule has 1 aliphatic rings. The minimum atomic E-state index is -0.462. The van der Waals surface area contributed by atoms with Crippen molar-refractivity contribution >= 4 is 27.9 Å². The van der Waals surface area contributed by atoms with E-state index in [0.29, 0.717) is 10.6 Å². The molecule has 0 radical (unpaired) electrons. The van der Waals surface area contributed by atoms with Gasteiger partial charge in [0.05, 0.1) is 16.8 Å². The molecule has 5 nitrogen and oxygen atoms in total. The lowest BCUT2D eigenvalue weighted by atomic mass is 10.3. The van der Waals surface area contributed by atoms with Crippen molar-refractivity contribution in [3.8, 4) is 0 Å². The van der Waals surface area contributed by atoms with E-state index in [2.05, 4.69) is 4.90 Å². The van der Waals surface area contributed by atoms with Gasteiger partial charge in [0.2, 0.25) is 0 Å². The van der Waals surface area contributed by atoms with Gasteiger partial charge < -0.3 is 21.1 Å². The van der Waals surface area contributed by atoms with Gasteiger partial charge in [0.15, 0.2) is 0 Å². The smallest absolute Gasteiger partial charge is 0.260 e. The molecule has 0 saturated carbocycles. The predicted octanol–water partition coefficient (Wildman–Crippen LogP) is 0.654.